The van der Waals surface area contributed by atoms with Crippen LogP contribution in [-0.2, 0) is 9.59 Å². The van der Waals surface area contributed by atoms with E-state index in [4.69, 9.17) is 34.7 Å². The van der Waals surface area contributed by atoms with Crippen molar-refractivity contribution in [1.29, 1.82) is 0 Å². The summed E-state index contributed by atoms with van der Waals surface area (Å²) < 4.78 is 0. The van der Waals surface area contributed by atoms with Gasteiger partial charge in [-0.2, -0.15) is 0 Å². The number of carboxylic acids is 1. The van der Waals surface area contributed by atoms with E-state index >= 15 is 0 Å². The molecule has 0 saturated carbocycles. The highest BCUT2D eigenvalue weighted by atomic mass is 35.5. The minimum Gasteiger partial charge on any atom is -0.480 e. The van der Waals surface area contributed by atoms with Crippen LogP contribution in [0.4, 0.5) is 0 Å². The number of nitrogens with zero attached hydrogens (tertiary/aromatic N) is 1. The van der Waals surface area contributed by atoms with Gasteiger partial charge in [-0.15, -0.1) is 6.42 Å². The molecular weight excluding hydrogens is 301 g/mol. The smallest absolute Gasteiger partial charge is 0.323 e. The molecule has 4 nitrogen and oxygen atoms in total. The van der Waals surface area contributed by atoms with Crippen LogP contribution in [0, 0.1) is 12.3 Å². The summed E-state index contributed by atoms with van der Waals surface area (Å²) >= 11 is 11.9. The second-order valence-corrected chi connectivity index (χ2v) is 4.58. The van der Waals surface area contributed by atoms with Crippen LogP contribution in [0.3, 0.4) is 0 Å². The molecule has 0 aliphatic rings. The van der Waals surface area contributed by atoms with Gasteiger partial charge in [-0.25, -0.2) is 0 Å². The van der Waals surface area contributed by atoms with E-state index in [1.165, 1.54) is 12.2 Å². The van der Waals surface area contributed by atoms with E-state index in [9.17, 15) is 9.59 Å². The Morgan fingerprint density at radius 3 is 2.45 bits per heavy atom. The molecule has 1 rings (SSSR count). The average Bonchev–Trinajstić information content (AvgIpc) is 2.37. The molecule has 0 fully saturated rings. The molecule has 1 amide bonds. The Hall–Kier alpha value is -1.96. The van der Waals surface area contributed by atoms with E-state index in [0.29, 0.717) is 15.6 Å². The van der Waals surface area contributed by atoms with Gasteiger partial charge in [-0.1, -0.05) is 35.2 Å². The van der Waals surface area contributed by atoms with E-state index < -0.39 is 18.4 Å². The summed E-state index contributed by atoms with van der Waals surface area (Å²) in [5.74, 6) is 0.563. The number of aliphatic carboxylic acids is 1. The van der Waals surface area contributed by atoms with Crippen molar-refractivity contribution in [2.75, 3.05) is 13.1 Å². The molecule has 0 spiro atoms. The minimum absolute atomic E-state index is 0.0915. The number of carbonyl (C=O) groups excluding carboxylic acids is 1. The number of carboxylic acid groups (broad SMARTS) is 1. The van der Waals surface area contributed by atoms with Crippen LogP contribution >= 0.6 is 23.2 Å². The molecule has 0 heterocycles. The van der Waals surface area contributed by atoms with Gasteiger partial charge in [0.2, 0.25) is 5.91 Å². The molecule has 0 aliphatic carbocycles. The SMILES string of the molecule is C#CCN(CC(=O)O)C(=O)C=Cc1c(Cl)cccc1Cl. The summed E-state index contributed by atoms with van der Waals surface area (Å²) in [6.07, 6.45) is 7.71. The van der Waals surface area contributed by atoms with E-state index in [-0.39, 0.29) is 6.54 Å². The number of terminal acetylenes is 1. The lowest BCUT2D eigenvalue weighted by Crippen LogP contribution is -2.34. The molecule has 0 aliphatic heterocycles. The van der Waals surface area contributed by atoms with E-state index in [1.54, 1.807) is 18.2 Å². The summed E-state index contributed by atoms with van der Waals surface area (Å²) in [4.78, 5) is 23.5. The first kappa shape index (κ1) is 16.1. The molecule has 20 heavy (non-hydrogen) atoms. The lowest BCUT2D eigenvalue weighted by Gasteiger charge is -2.15. The number of halogens is 2. The maximum atomic E-state index is 11.9. The van der Waals surface area contributed by atoms with Gasteiger partial charge in [0, 0.05) is 21.7 Å². The number of rotatable bonds is 5. The second-order valence-electron chi connectivity index (χ2n) is 3.76. The van der Waals surface area contributed by atoms with Crippen molar-refractivity contribution >= 4 is 41.2 Å². The molecule has 1 aromatic rings. The first-order valence-electron chi connectivity index (χ1n) is 5.52. The highest BCUT2D eigenvalue weighted by molar-refractivity contribution is 6.37. The number of benzene rings is 1. The van der Waals surface area contributed by atoms with E-state index in [1.807, 2.05) is 0 Å². The fourth-order valence-corrected chi connectivity index (χ4v) is 1.94. The predicted molar refractivity (Wildman–Crippen MR) is 78.5 cm³/mol. The number of carbonyl (C=O) groups is 2. The summed E-state index contributed by atoms with van der Waals surface area (Å²) in [6, 6.07) is 4.95. The van der Waals surface area contributed by atoms with Crippen molar-refractivity contribution in [2.45, 2.75) is 0 Å². The first-order valence-corrected chi connectivity index (χ1v) is 6.27. The molecular formula is C14H11Cl2NO3. The highest BCUT2D eigenvalue weighted by Crippen LogP contribution is 2.25. The van der Waals surface area contributed by atoms with Crippen LogP contribution in [0.25, 0.3) is 6.08 Å². The lowest BCUT2D eigenvalue weighted by molar-refractivity contribution is -0.142. The van der Waals surface area contributed by atoms with Crippen molar-refractivity contribution in [3.63, 3.8) is 0 Å². The van der Waals surface area contributed by atoms with Gasteiger partial charge < -0.3 is 10.0 Å². The Balaban J connectivity index is 2.90. The monoisotopic (exact) mass is 311 g/mol. The van der Waals surface area contributed by atoms with E-state index in [2.05, 4.69) is 5.92 Å². The Bertz CT molecular complexity index is 570. The van der Waals surface area contributed by atoms with Crippen molar-refractivity contribution < 1.29 is 14.7 Å². The zero-order chi connectivity index (χ0) is 15.1. The second kappa shape index (κ2) is 7.59. The number of hydrogen-bond donors (Lipinski definition) is 1. The minimum atomic E-state index is -1.14. The highest BCUT2D eigenvalue weighted by Gasteiger charge is 2.13. The van der Waals surface area contributed by atoms with Crippen molar-refractivity contribution in [3.05, 3.63) is 39.9 Å². The van der Waals surface area contributed by atoms with Gasteiger partial charge in [-0.3, -0.25) is 9.59 Å². The van der Waals surface area contributed by atoms with Crippen molar-refractivity contribution in [3.8, 4) is 12.3 Å². The van der Waals surface area contributed by atoms with Crippen LogP contribution in [-0.4, -0.2) is 35.0 Å². The Morgan fingerprint density at radius 1 is 1.35 bits per heavy atom. The molecule has 0 atom stereocenters. The predicted octanol–water partition coefficient (Wildman–Crippen LogP) is 2.55. The van der Waals surface area contributed by atoms with Crippen LogP contribution < -0.4 is 0 Å². The molecule has 1 aromatic carbocycles. The fraction of sp³-hybridized carbons (Fsp3) is 0.143. The maximum absolute atomic E-state index is 11.9. The summed E-state index contributed by atoms with van der Waals surface area (Å²) in [6.45, 7) is -0.560. The third-order valence-corrected chi connectivity index (χ3v) is 2.97. The Morgan fingerprint density at radius 2 is 1.95 bits per heavy atom. The fourth-order valence-electron chi connectivity index (χ4n) is 1.42. The average molecular weight is 312 g/mol. The molecule has 0 radical (unpaired) electrons. The third-order valence-electron chi connectivity index (χ3n) is 2.31. The van der Waals surface area contributed by atoms with Crippen LogP contribution in [0.5, 0.6) is 0 Å². The third kappa shape index (κ3) is 4.61. The standard InChI is InChI=1S/C14H11Cl2NO3/c1-2-8-17(9-14(19)20)13(18)7-6-10-11(15)4-3-5-12(10)16/h1,3-7H,8-9H2,(H,19,20). The summed E-state index contributed by atoms with van der Waals surface area (Å²) in [7, 11) is 0. The van der Waals surface area contributed by atoms with Gasteiger partial charge in [0.15, 0.2) is 0 Å². The first-order chi connectivity index (χ1) is 9.45. The van der Waals surface area contributed by atoms with Gasteiger partial charge in [0.25, 0.3) is 0 Å². The number of hydrogen-bond acceptors (Lipinski definition) is 2. The van der Waals surface area contributed by atoms with Crippen molar-refractivity contribution in [1.82, 2.24) is 4.90 Å². The van der Waals surface area contributed by atoms with Crippen LogP contribution in [0.2, 0.25) is 10.0 Å². The lowest BCUT2D eigenvalue weighted by atomic mass is 10.2. The molecule has 0 saturated heterocycles. The topological polar surface area (TPSA) is 57.6 Å². The van der Waals surface area contributed by atoms with Crippen molar-refractivity contribution in [2.24, 2.45) is 0 Å². The Kier molecular flexibility index (Phi) is 6.10. The zero-order valence-electron chi connectivity index (χ0n) is 10.3. The molecule has 0 bridgehead atoms. The summed E-state index contributed by atoms with van der Waals surface area (Å²) in [5.41, 5.74) is 0.486. The molecule has 6 heteroatoms. The largest absolute Gasteiger partial charge is 0.480 e. The van der Waals surface area contributed by atoms with Gasteiger partial charge in [0.1, 0.15) is 6.54 Å². The van der Waals surface area contributed by atoms with Crippen LogP contribution in [0.15, 0.2) is 24.3 Å². The quantitative estimate of drug-likeness (QED) is 0.671. The molecule has 1 N–H and O–H groups in total. The summed E-state index contributed by atoms with van der Waals surface area (Å²) in [5, 5.41) is 9.49. The van der Waals surface area contributed by atoms with E-state index in [0.717, 1.165) is 4.90 Å². The Labute approximate surface area is 126 Å². The van der Waals surface area contributed by atoms with Gasteiger partial charge in [-0.05, 0) is 18.2 Å². The number of amides is 1. The molecule has 0 aromatic heterocycles. The van der Waals surface area contributed by atoms with Gasteiger partial charge in [0.05, 0.1) is 6.54 Å². The normalized spacial score (nSPS) is 10.2. The van der Waals surface area contributed by atoms with Gasteiger partial charge >= 0.3 is 5.97 Å². The molecule has 104 valence electrons. The van der Waals surface area contributed by atoms with Crippen LogP contribution in [0.1, 0.15) is 5.56 Å². The zero-order valence-corrected chi connectivity index (χ0v) is 11.9. The molecule has 0 unspecified atom stereocenters. The maximum Gasteiger partial charge on any atom is 0.323 e.